The molecule has 0 aliphatic carbocycles. The Hall–Kier alpha value is -2.57. The number of nitrogens with zero attached hydrogens (tertiary/aromatic N) is 1. The maximum atomic E-state index is 13.9. The van der Waals surface area contributed by atoms with Crippen LogP contribution in [0.5, 0.6) is 0 Å². The highest BCUT2D eigenvalue weighted by atomic mass is 16.6. The average molecular weight is 532 g/mol. The first-order chi connectivity index (χ1) is 17.9. The van der Waals surface area contributed by atoms with Crippen LogP contribution in [0.3, 0.4) is 0 Å². The Morgan fingerprint density at radius 3 is 2.03 bits per heavy atom. The second-order valence-corrected chi connectivity index (χ2v) is 11.4. The number of alkyl carbamates (subject to hydrolysis) is 1. The van der Waals surface area contributed by atoms with E-state index in [9.17, 15) is 14.4 Å². The van der Waals surface area contributed by atoms with E-state index in [4.69, 9.17) is 4.74 Å². The second-order valence-electron chi connectivity index (χ2n) is 11.4. The number of aryl methyl sites for hydroxylation is 2. The average Bonchev–Trinajstić information content (AvgIpc) is 2.82. The molecule has 0 aliphatic rings. The SMILES string of the molecule is CCCCCCCCN(C(=O)C(C)NC(=O)OC(C)(C)C)C(C(=O)NCCCCC)c1c(C)cccc1C. The van der Waals surface area contributed by atoms with Crippen LogP contribution in [0.15, 0.2) is 18.2 Å². The molecule has 0 spiro atoms. The van der Waals surface area contributed by atoms with Crippen LogP contribution in [0.25, 0.3) is 0 Å². The number of hydrogen-bond acceptors (Lipinski definition) is 4. The highest BCUT2D eigenvalue weighted by Crippen LogP contribution is 2.29. The Morgan fingerprint density at radius 1 is 0.895 bits per heavy atom. The lowest BCUT2D eigenvalue weighted by Gasteiger charge is -2.35. The predicted molar refractivity (Wildman–Crippen MR) is 155 cm³/mol. The Labute approximate surface area is 231 Å². The number of benzene rings is 1. The van der Waals surface area contributed by atoms with E-state index in [0.717, 1.165) is 55.2 Å². The molecule has 0 saturated carbocycles. The van der Waals surface area contributed by atoms with Crippen LogP contribution in [0, 0.1) is 13.8 Å². The minimum atomic E-state index is -0.843. The molecule has 0 saturated heterocycles. The molecule has 0 aliphatic heterocycles. The van der Waals surface area contributed by atoms with Gasteiger partial charge in [0.15, 0.2) is 0 Å². The van der Waals surface area contributed by atoms with Gasteiger partial charge in [0, 0.05) is 13.1 Å². The Balaban J connectivity index is 3.31. The van der Waals surface area contributed by atoms with Crippen LogP contribution in [-0.2, 0) is 14.3 Å². The van der Waals surface area contributed by atoms with Gasteiger partial charge in [-0.3, -0.25) is 9.59 Å². The summed E-state index contributed by atoms with van der Waals surface area (Å²) in [5.41, 5.74) is 2.10. The van der Waals surface area contributed by atoms with Gasteiger partial charge in [-0.05, 0) is 71.1 Å². The first-order valence-corrected chi connectivity index (χ1v) is 14.6. The molecule has 0 heterocycles. The first kappa shape index (κ1) is 33.5. The summed E-state index contributed by atoms with van der Waals surface area (Å²) in [5.74, 6) is -0.469. The summed E-state index contributed by atoms with van der Waals surface area (Å²) in [4.78, 5) is 41.8. The van der Waals surface area contributed by atoms with E-state index in [1.807, 2.05) is 32.0 Å². The molecule has 2 N–H and O–H groups in total. The van der Waals surface area contributed by atoms with Crippen LogP contribution in [0.2, 0.25) is 0 Å². The third-order valence-electron chi connectivity index (χ3n) is 6.59. The summed E-state index contributed by atoms with van der Waals surface area (Å²) in [6.07, 6.45) is 8.75. The van der Waals surface area contributed by atoms with Crippen molar-refractivity contribution in [3.05, 3.63) is 34.9 Å². The maximum Gasteiger partial charge on any atom is 0.408 e. The van der Waals surface area contributed by atoms with Crippen molar-refractivity contribution in [3.63, 3.8) is 0 Å². The quantitative estimate of drug-likeness (QED) is 0.231. The normalized spacial score (nSPS) is 12.9. The van der Waals surface area contributed by atoms with Crippen molar-refractivity contribution in [2.75, 3.05) is 13.1 Å². The minimum absolute atomic E-state index is 0.178. The maximum absolute atomic E-state index is 13.9. The van der Waals surface area contributed by atoms with Gasteiger partial charge in [0.1, 0.15) is 17.7 Å². The number of carbonyl (C=O) groups excluding carboxylic acids is 3. The molecule has 38 heavy (non-hydrogen) atoms. The van der Waals surface area contributed by atoms with Gasteiger partial charge >= 0.3 is 6.09 Å². The van der Waals surface area contributed by atoms with Crippen LogP contribution in [-0.4, -0.2) is 47.5 Å². The fourth-order valence-corrected chi connectivity index (χ4v) is 4.59. The lowest BCUT2D eigenvalue weighted by Crippen LogP contribution is -2.52. The largest absolute Gasteiger partial charge is 0.444 e. The van der Waals surface area contributed by atoms with E-state index in [0.29, 0.717) is 13.1 Å². The number of unbranched alkanes of at least 4 members (excludes halogenated alkanes) is 7. The molecule has 2 atom stereocenters. The fourth-order valence-electron chi connectivity index (χ4n) is 4.59. The van der Waals surface area contributed by atoms with Gasteiger partial charge in [-0.25, -0.2) is 4.79 Å². The zero-order chi connectivity index (χ0) is 28.7. The highest BCUT2D eigenvalue weighted by Gasteiger charge is 2.35. The van der Waals surface area contributed by atoms with Gasteiger partial charge in [0.2, 0.25) is 11.8 Å². The van der Waals surface area contributed by atoms with E-state index < -0.39 is 23.8 Å². The molecular formula is C31H53N3O4. The lowest BCUT2D eigenvalue weighted by atomic mass is 9.93. The summed E-state index contributed by atoms with van der Waals surface area (Å²) < 4.78 is 5.38. The molecular weight excluding hydrogens is 478 g/mol. The molecule has 2 unspecified atom stereocenters. The summed E-state index contributed by atoms with van der Waals surface area (Å²) in [7, 11) is 0. The van der Waals surface area contributed by atoms with Crippen molar-refractivity contribution in [3.8, 4) is 0 Å². The number of hydrogen-bond donors (Lipinski definition) is 2. The van der Waals surface area contributed by atoms with E-state index in [1.54, 1.807) is 32.6 Å². The molecule has 7 nitrogen and oxygen atoms in total. The van der Waals surface area contributed by atoms with Crippen LogP contribution < -0.4 is 10.6 Å². The van der Waals surface area contributed by atoms with E-state index in [1.165, 1.54) is 19.3 Å². The van der Waals surface area contributed by atoms with Crippen molar-refractivity contribution >= 4 is 17.9 Å². The smallest absolute Gasteiger partial charge is 0.408 e. The molecule has 0 radical (unpaired) electrons. The fraction of sp³-hybridized carbons (Fsp3) is 0.710. The number of carbonyl (C=O) groups is 3. The monoisotopic (exact) mass is 531 g/mol. The van der Waals surface area contributed by atoms with E-state index >= 15 is 0 Å². The van der Waals surface area contributed by atoms with Crippen molar-refractivity contribution in [2.24, 2.45) is 0 Å². The zero-order valence-electron chi connectivity index (χ0n) is 25.2. The summed E-state index contributed by atoms with van der Waals surface area (Å²) in [6.45, 7) is 16.3. The number of rotatable bonds is 16. The predicted octanol–water partition coefficient (Wildman–Crippen LogP) is 6.75. The van der Waals surface area contributed by atoms with Crippen LogP contribution in [0.4, 0.5) is 4.79 Å². The molecule has 3 amide bonds. The Morgan fingerprint density at radius 2 is 1.45 bits per heavy atom. The standard InChI is InChI=1S/C31H53N3O4/c1-9-11-13-14-15-17-22-34(29(36)25(5)33-30(37)38-31(6,7)8)27(28(35)32-21-16-12-10-2)26-23(3)19-18-20-24(26)4/h18-20,25,27H,9-17,21-22H2,1-8H3,(H,32,35)(H,33,37). The summed E-state index contributed by atoms with van der Waals surface area (Å²) >= 11 is 0. The van der Waals surface area contributed by atoms with Gasteiger partial charge < -0.3 is 20.3 Å². The van der Waals surface area contributed by atoms with Gasteiger partial charge in [-0.2, -0.15) is 0 Å². The third-order valence-corrected chi connectivity index (χ3v) is 6.59. The van der Waals surface area contributed by atoms with Gasteiger partial charge in [0.25, 0.3) is 0 Å². The van der Waals surface area contributed by atoms with Crippen molar-refractivity contribution in [1.29, 1.82) is 0 Å². The number of amides is 3. The van der Waals surface area contributed by atoms with Gasteiger partial charge in [0.05, 0.1) is 0 Å². The first-order valence-electron chi connectivity index (χ1n) is 14.6. The van der Waals surface area contributed by atoms with Crippen LogP contribution >= 0.6 is 0 Å². The minimum Gasteiger partial charge on any atom is -0.444 e. The third kappa shape index (κ3) is 11.9. The summed E-state index contributed by atoms with van der Waals surface area (Å²) in [5, 5.41) is 5.78. The zero-order valence-corrected chi connectivity index (χ0v) is 25.2. The Kier molecular flexibility index (Phi) is 15.1. The van der Waals surface area contributed by atoms with Crippen LogP contribution in [0.1, 0.15) is 122 Å². The van der Waals surface area contributed by atoms with E-state index in [2.05, 4.69) is 24.5 Å². The summed E-state index contributed by atoms with van der Waals surface area (Å²) in [6, 6.07) is 4.32. The Bertz CT molecular complexity index is 858. The molecule has 0 bridgehead atoms. The molecule has 1 aromatic rings. The van der Waals surface area contributed by atoms with Crippen molar-refractivity contribution in [1.82, 2.24) is 15.5 Å². The van der Waals surface area contributed by atoms with Gasteiger partial charge in [-0.1, -0.05) is 77.0 Å². The molecule has 7 heteroatoms. The van der Waals surface area contributed by atoms with Crippen molar-refractivity contribution < 1.29 is 19.1 Å². The second kappa shape index (κ2) is 17.1. The molecule has 0 aromatic heterocycles. The lowest BCUT2D eigenvalue weighted by molar-refractivity contribution is -0.142. The van der Waals surface area contributed by atoms with Crippen molar-refractivity contribution in [2.45, 2.75) is 131 Å². The number of nitrogens with one attached hydrogen (secondary N) is 2. The molecule has 1 aromatic carbocycles. The molecule has 0 fully saturated rings. The molecule has 1 rings (SSSR count). The van der Waals surface area contributed by atoms with E-state index in [-0.39, 0.29) is 11.8 Å². The number of ether oxygens (including phenoxy) is 1. The molecule has 216 valence electrons. The highest BCUT2D eigenvalue weighted by molar-refractivity contribution is 5.92. The van der Waals surface area contributed by atoms with Gasteiger partial charge in [-0.15, -0.1) is 0 Å². The topological polar surface area (TPSA) is 87.7 Å².